The van der Waals surface area contributed by atoms with Crippen LogP contribution in [0.5, 0.6) is 0 Å². The van der Waals surface area contributed by atoms with E-state index >= 15 is 0 Å². The Morgan fingerprint density at radius 3 is 2.64 bits per heavy atom. The van der Waals surface area contributed by atoms with Gasteiger partial charge in [0.25, 0.3) is 12.0 Å². The SMILES string of the molecule is CSc1ncc2c(=O)n(-c3c(F)ccc(N)c3F)cc(C(F)F)c2n1. The van der Waals surface area contributed by atoms with Crippen LogP contribution in [0.15, 0.2) is 34.5 Å². The predicted octanol–water partition coefficient (Wildman–Crippen LogP) is 3.30. The summed E-state index contributed by atoms with van der Waals surface area (Å²) in [6.45, 7) is 0. The number of nitrogens with zero attached hydrogens (tertiary/aromatic N) is 3. The summed E-state index contributed by atoms with van der Waals surface area (Å²) in [5, 5.41) is -0.0929. The molecule has 10 heteroatoms. The van der Waals surface area contributed by atoms with E-state index in [-0.39, 0.29) is 16.1 Å². The van der Waals surface area contributed by atoms with Crippen LogP contribution in [0.4, 0.5) is 23.2 Å². The highest BCUT2D eigenvalue weighted by atomic mass is 32.2. The summed E-state index contributed by atoms with van der Waals surface area (Å²) < 4.78 is 55.7. The molecule has 0 spiro atoms. The first kappa shape index (κ1) is 17.2. The van der Waals surface area contributed by atoms with Gasteiger partial charge in [0.15, 0.2) is 11.0 Å². The summed E-state index contributed by atoms with van der Waals surface area (Å²) in [5.41, 5.74) is 2.30. The summed E-state index contributed by atoms with van der Waals surface area (Å²) in [6, 6.07) is 1.82. The molecule has 3 aromatic rings. The van der Waals surface area contributed by atoms with Crippen LogP contribution in [0, 0.1) is 11.6 Å². The zero-order valence-corrected chi connectivity index (χ0v) is 13.5. The number of hydrogen-bond donors (Lipinski definition) is 1. The monoisotopic (exact) mass is 370 g/mol. The first-order valence-electron chi connectivity index (χ1n) is 6.83. The summed E-state index contributed by atoms with van der Waals surface area (Å²) in [6.07, 6.45) is 0.349. The molecule has 0 unspecified atom stereocenters. The van der Waals surface area contributed by atoms with Crippen molar-refractivity contribution in [2.45, 2.75) is 11.6 Å². The van der Waals surface area contributed by atoms with Gasteiger partial charge in [-0.25, -0.2) is 27.5 Å². The normalized spacial score (nSPS) is 11.4. The maximum absolute atomic E-state index is 14.2. The molecule has 0 saturated carbocycles. The molecule has 0 aliphatic rings. The minimum Gasteiger partial charge on any atom is -0.396 e. The maximum atomic E-state index is 14.2. The lowest BCUT2D eigenvalue weighted by molar-refractivity contribution is 0.152. The van der Waals surface area contributed by atoms with Gasteiger partial charge in [-0.3, -0.25) is 9.36 Å². The largest absolute Gasteiger partial charge is 0.396 e. The molecule has 0 fully saturated rings. The Labute approximate surface area is 142 Å². The molecule has 1 aromatic carbocycles. The van der Waals surface area contributed by atoms with E-state index in [1.807, 2.05) is 0 Å². The number of fused-ring (bicyclic) bond motifs is 1. The van der Waals surface area contributed by atoms with E-state index in [2.05, 4.69) is 9.97 Å². The van der Waals surface area contributed by atoms with E-state index < -0.39 is 40.6 Å². The van der Waals surface area contributed by atoms with E-state index in [1.165, 1.54) is 0 Å². The molecule has 0 aliphatic carbocycles. The average Bonchev–Trinajstić information content (AvgIpc) is 2.59. The maximum Gasteiger partial charge on any atom is 0.267 e. The number of anilines is 1. The minimum absolute atomic E-state index is 0.188. The van der Waals surface area contributed by atoms with Gasteiger partial charge in [-0.05, 0) is 18.4 Å². The molecule has 2 aromatic heterocycles. The van der Waals surface area contributed by atoms with Crippen molar-refractivity contribution in [3.05, 3.63) is 52.1 Å². The number of aromatic nitrogens is 3. The van der Waals surface area contributed by atoms with Crippen LogP contribution in [-0.4, -0.2) is 20.8 Å². The molecule has 2 heterocycles. The number of alkyl halides is 2. The Hall–Kier alpha value is -2.62. The van der Waals surface area contributed by atoms with Crippen molar-refractivity contribution in [3.63, 3.8) is 0 Å². The fraction of sp³-hybridized carbons (Fsp3) is 0.133. The van der Waals surface area contributed by atoms with Crippen molar-refractivity contribution in [2.75, 3.05) is 12.0 Å². The van der Waals surface area contributed by atoms with Gasteiger partial charge in [0.2, 0.25) is 0 Å². The quantitative estimate of drug-likeness (QED) is 0.331. The van der Waals surface area contributed by atoms with Crippen molar-refractivity contribution in [3.8, 4) is 5.69 Å². The molecule has 0 bridgehead atoms. The van der Waals surface area contributed by atoms with Crippen LogP contribution in [0.1, 0.15) is 12.0 Å². The van der Waals surface area contributed by atoms with Crippen LogP contribution >= 0.6 is 11.8 Å². The number of thioether (sulfide) groups is 1. The first-order valence-corrected chi connectivity index (χ1v) is 8.06. The third-order valence-corrected chi connectivity index (χ3v) is 4.07. The minimum atomic E-state index is -3.02. The Morgan fingerprint density at radius 2 is 2.00 bits per heavy atom. The van der Waals surface area contributed by atoms with Crippen molar-refractivity contribution in [2.24, 2.45) is 0 Å². The molecule has 0 amide bonds. The highest BCUT2D eigenvalue weighted by Crippen LogP contribution is 2.28. The summed E-state index contributed by atoms with van der Waals surface area (Å²) in [4.78, 5) is 20.4. The van der Waals surface area contributed by atoms with Crippen LogP contribution in [0.25, 0.3) is 16.6 Å². The third kappa shape index (κ3) is 2.82. The van der Waals surface area contributed by atoms with Gasteiger partial charge in [0, 0.05) is 12.4 Å². The third-order valence-electron chi connectivity index (χ3n) is 3.51. The number of pyridine rings is 1. The van der Waals surface area contributed by atoms with Crippen LogP contribution < -0.4 is 11.3 Å². The summed E-state index contributed by atoms with van der Waals surface area (Å²) >= 11 is 1.10. The molecular weight excluding hydrogens is 360 g/mol. The zero-order chi connectivity index (χ0) is 18.3. The van der Waals surface area contributed by atoms with Crippen molar-refractivity contribution in [1.29, 1.82) is 0 Å². The van der Waals surface area contributed by atoms with E-state index in [0.29, 0.717) is 10.8 Å². The Morgan fingerprint density at radius 1 is 1.28 bits per heavy atom. The smallest absolute Gasteiger partial charge is 0.267 e. The fourth-order valence-corrected chi connectivity index (χ4v) is 2.67. The molecule has 0 saturated heterocycles. The van der Waals surface area contributed by atoms with Gasteiger partial charge in [-0.1, -0.05) is 11.8 Å². The van der Waals surface area contributed by atoms with Gasteiger partial charge in [-0.2, -0.15) is 0 Å². The van der Waals surface area contributed by atoms with E-state index in [4.69, 9.17) is 5.73 Å². The van der Waals surface area contributed by atoms with E-state index in [1.54, 1.807) is 6.26 Å². The number of nitrogen functional groups attached to an aromatic ring is 1. The lowest BCUT2D eigenvalue weighted by Gasteiger charge is -2.13. The number of benzene rings is 1. The molecule has 0 radical (unpaired) electrons. The number of nitrogens with two attached hydrogens (primary N) is 1. The Kier molecular flexibility index (Phi) is 4.38. The molecule has 130 valence electrons. The van der Waals surface area contributed by atoms with Crippen LogP contribution in [0.3, 0.4) is 0 Å². The summed E-state index contributed by atoms with van der Waals surface area (Å²) in [7, 11) is 0. The van der Waals surface area contributed by atoms with Gasteiger partial charge in [0.1, 0.15) is 11.5 Å². The molecule has 5 nitrogen and oxygen atoms in total. The fourth-order valence-electron chi connectivity index (χ4n) is 2.33. The van der Waals surface area contributed by atoms with Gasteiger partial charge in [0.05, 0.1) is 22.2 Å². The van der Waals surface area contributed by atoms with Crippen LogP contribution in [-0.2, 0) is 0 Å². The molecular formula is C15H10F4N4OS. The number of rotatable bonds is 3. The lowest BCUT2D eigenvalue weighted by atomic mass is 10.2. The molecule has 2 N–H and O–H groups in total. The van der Waals surface area contributed by atoms with Crippen molar-refractivity contribution >= 4 is 28.4 Å². The van der Waals surface area contributed by atoms with Crippen LogP contribution in [0.2, 0.25) is 0 Å². The van der Waals surface area contributed by atoms with Crippen molar-refractivity contribution < 1.29 is 17.6 Å². The van der Waals surface area contributed by atoms with E-state index in [0.717, 1.165) is 30.1 Å². The molecule has 25 heavy (non-hydrogen) atoms. The zero-order valence-electron chi connectivity index (χ0n) is 12.6. The molecule has 0 atom stereocenters. The second kappa shape index (κ2) is 6.36. The lowest BCUT2D eigenvalue weighted by Crippen LogP contribution is -2.22. The average molecular weight is 370 g/mol. The molecule has 0 aliphatic heterocycles. The number of hydrogen-bond acceptors (Lipinski definition) is 5. The predicted molar refractivity (Wildman–Crippen MR) is 86.2 cm³/mol. The standard InChI is InChI=1S/C15H10F4N4OS/c1-25-15-21-4-6-11(22-15)7(13(18)19)5-23(14(6)24)12-8(16)2-3-9(20)10(12)17/h2-5,13H,20H2,1H3. The Bertz CT molecular complexity index is 1040. The second-order valence-electron chi connectivity index (χ2n) is 4.98. The Balaban J connectivity index is 2.45. The summed E-state index contributed by atoms with van der Waals surface area (Å²) in [5.74, 6) is -2.33. The van der Waals surface area contributed by atoms with Gasteiger partial charge in [-0.15, -0.1) is 0 Å². The topological polar surface area (TPSA) is 73.8 Å². The first-order chi connectivity index (χ1) is 11.8. The number of halogens is 4. The second-order valence-corrected chi connectivity index (χ2v) is 5.75. The molecule has 3 rings (SSSR count). The highest BCUT2D eigenvalue weighted by molar-refractivity contribution is 7.98. The van der Waals surface area contributed by atoms with Crippen molar-refractivity contribution in [1.82, 2.24) is 14.5 Å². The van der Waals surface area contributed by atoms with E-state index in [9.17, 15) is 22.4 Å². The van der Waals surface area contributed by atoms with Gasteiger partial charge < -0.3 is 5.73 Å². The van der Waals surface area contributed by atoms with Gasteiger partial charge >= 0.3 is 0 Å². The highest BCUT2D eigenvalue weighted by Gasteiger charge is 2.22.